The molecular formula is C20H25F3N4O4. The molecule has 1 amide bonds. The van der Waals surface area contributed by atoms with Gasteiger partial charge in [-0.1, -0.05) is 0 Å². The Bertz CT molecular complexity index is 876. The molecule has 2 aromatic heterocycles. The number of amides is 1. The molecule has 1 fully saturated rings. The molecule has 3 heterocycles. The number of carboxylic acid groups (broad SMARTS) is 1. The number of hydrogen-bond acceptors (Lipinski definition) is 5. The van der Waals surface area contributed by atoms with Crippen LogP contribution >= 0.6 is 0 Å². The zero-order valence-corrected chi connectivity index (χ0v) is 16.9. The van der Waals surface area contributed by atoms with E-state index in [1.807, 2.05) is 18.5 Å². The molecular weight excluding hydrogens is 417 g/mol. The lowest BCUT2D eigenvalue weighted by Crippen LogP contribution is -2.27. The van der Waals surface area contributed by atoms with E-state index in [0.29, 0.717) is 18.9 Å². The monoisotopic (exact) mass is 442 g/mol. The molecule has 1 aliphatic heterocycles. The molecule has 0 radical (unpaired) electrons. The molecule has 0 spiro atoms. The molecule has 170 valence electrons. The molecule has 0 unspecified atom stereocenters. The number of carboxylic acids is 1. The van der Waals surface area contributed by atoms with Crippen LogP contribution in [-0.4, -0.2) is 50.7 Å². The fraction of sp³-hybridized carbons (Fsp3) is 0.550. The average molecular weight is 442 g/mol. The maximum atomic E-state index is 11.9. The van der Waals surface area contributed by atoms with Crippen molar-refractivity contribution >= 4 is 11.9 Å². The number of nitrogens with one attached hydrogen (secondary N) is 1. The highest BCUT2D eigenvalue weighted by Crippen LogP contribution is 2.32. The van der Waals surface area contributed by atoms with Gasteiger partial charge < -0.3 is 19.4 Å². The molecule has 2 aliphatic rings. The second-order valence-electron chi connectivity index (χ2n) is 7.70. The van der Waals surface area contributed by atoms with Crippen LogP contribution in [0.4, 0.5) is 13.2 Å². The van der Waals surface area contributed by atoms with Gasteiger partial charge >= 0.3 is 12.1 Å². The highest BCUT2D eigenvalue weighted by molar-refractivity contribution is 5.76. The fourth-order valence-corrected chi connectivity index (χ4v) is 3.32. The van der Waals surface area contributed by atoms with Gasteiger partial charge in [-0.25, -0.2) is 9.78 Å². The number of aromatic nitrogens is 2. The molecule has 0 bridgehead atoms. The highest BCUT2D eigenvalue weighted by Gasteiger charge is 2.38. The summed E-state index contributed by atoms with van der Waals surface area (Å²) >= 11 is 0. The summed E-state index contributed by atoms with van der Waals surface area (Å²) < 4.78 is 39.2. The Morgan fingerprint density at radius 3 is 2.61 bits per heavy atom. The number of nitrogens with zero attached hydrogens (tertiary/aromatic N) is 3. The fourth-order valence-electron chi connectivity index (χ4n) is 3.32. The van der Waals surface area contributed by atoms with Crippen LogP contribution in [0.1, 0.15) is 36.3 Å². The van der Waals surface area contributed by atoms with Crippen LogP contribution in [0.5, 0.6) is 0 Å². The molecule has 0 saturated heterocycles. The van der Waals surface area contributed by atoms with E-state index in [2.05, 4.69) is 19.8 Å². The van der Waals surface area contributed by atoms with Gasteiger partial charge in [0, 0.05) is 44.6 Å². The van der Waals surface area contributed by atoms with Crippen LogP contribution < -0.4 is 5.32 Å². The van der Waals surface area contributed by atoms with Gasteiger partial charge in [0.25, 0.3) is 0 Å². The van der Waals surface area contributed by atoms with Crippen LogP contribution in [-0.2, 0) is 35.6 Å². The van der Waals surface area contributed by atoms with E-state index in [1.54, 1.807) is 6.26 Å². The first-order chi connectivity index (χ1) is 14.7. The van der Waals surface area contributed by atoms with Gasteiger partial charge in [0.2, 0.25) is 5.91 Å². The molecule has 2 N–H and O–H groups in total. The van der Waals surface area contributed by atoms with E-state index in [0.717, 1.165) is 44.1 Å². The second-order valence-corrected chi connectivity index (χ2v) is 7.70. The summed E-state index contributed by atoms with van der Waals surface area (Å²) in [5, 5.41) is 10.2. The van der Waals surface area contributed by atoms with E-state index in [4.69, 9.17) is 14.3 Å². The predicted octanol–water partition coefficient (Wildman–Crippen LogP) is 2.58. The van der Waals surface area contributed by atoms with Crippen LogP contribution in [0.3, 0.4) is 0 Å². The zero-order valence-electron chi connectivity index (χ0n) is 16.9. The number of rotatable bonds is 6. The quantitative estimate of drug-likeness (QED) is 0.713. The molecule has 4 rings (SSSR count). The largest absolute Gasteiger partial charge is 0.490 e. The molecule has 2 aromatic rings. The minimum absolute atomic E-state index is 0.170. The lowest BCUT2D eigenvalue weighted by Gasteiger charge is -2.18. The number of furan rings is 1. The van der Waals surface area contributed by atoms with Crippen molar-refractivity contribution in [3.05, 3.63) is 41.9 Å². The molecule has 31 heavy (non-hydrogen) atoms. The van der Waals surface area contributed by atoms with Crippen molar-refractivity contribution in [2.24, 2.45) is 5.92 Å². The van der Waals surface area contributed by atoms with E-state index >= 15 is 0 Å². The minimum Gasteiger partial charge on any atom is -0.475 e. The van der Waals surface area contributed by atoms with Gasteiger partial charge in [-0.05, 0) is 24.8 Å². The van der Waals surface area contributed by atoms with E-state index in [9.17, 15) is 18.0 Å². The predicted molar refractivity (Wildman–Crippen MR) is 103 cm³/mol. The summed E-state index contributed by atoms with van der Waals surface area (Å²) in [6.45, 7) is 4.39. The molecule has 11 heteroatoms. The molecule has 1 aliphatic carbocycles. The summed E-state index contributed by atoms with van der Waals surface area (Å²) in [7, 11) is 0. The SMILES string of the molecule is O=C(CC1CC1)NCc1cnc2n1CCN(Cc1ccoc1)CC2.O=C(O)C(F)(F)F. The summed E-state index contributed by atoms with van der Waals surface area (Å²) in [5.41, 5.74) is 2.32. The average Bonchev–Trinajstić information content (AvgIpc) is 3.27. The first-order valence-corrected chi connectivity index (χ1v) is 10.1. The van der Waals surface area contributed by atoms with Crippen LogP contribution in [0.2, 0.25) is 0 Å². The Labute approximate surface area is 177 Å². The topological polar surface area (TPSA) is 101 Å². The number of aliphatic carboxylic acids is 1. The van der Waals surface area contributed by atoms with Crippen molar-refractivity contribution < 1.29 is 32.3 Å². The zero-order chi connectivity index (χ0) is 22.4. The van der Waals surface area contributed by atoms with Crippen molar-refractivity contribution in [1.29, 1.82) is 0 Å². The van der Waals surface area contributed by atoms with Crippen molar-refractivity contribution in [2.45, 2.75) is 51.5 Å². The number of hydrogen-bond donors (Lipinski definition) is 2. The van der Waals surface area contributed by atoms with Gasteiger partial charge in [-0.15, -0.1) is 0 Å². The van der Waals surface area contributed by atoms with Crippen LogP contribution in [0, 0.1) is 5.92 Å². The second kappa shape index (κ2) is 9.99. The van der Waals surface area contributed by atoms with Crippen molar-refractivity contribution in [3.63, 3.8) is 0 Å². The Kier molecular flexibility index (Phi) is 7.37. The van der Waals surface area contributed by atoms with Gasteiger partial charge in [-0.2, -0.15) is 13.2 Å². The minimum atomic E-state index is -5.08. The summed E-state index contributed by atoms with van der Waals surface area (Å²) in [4.78, 5) is 27.8. The number of alkyl halides is 3. The Morgan fingerprint density at radius 1 is 1.26 bits per heavy atom. The number of carbonyl (C=O) groups is 2. The lowest BCUT2D eigenvalue weighted by atomic mass is 10.3. The van der Waals surface area contributed by atoms with Gasteiger partial charge in [0.1, 0.15) is 5.82 Å². The van der Waals surface area contributed by atoms with Crippen molar-refractivity contribution in [3.8, 4) is 0 Å². The number of carbonyl (C=O) groups excluding carboxylic acids is 1. The van der Waals surface area contributed by atoms with E-state index in [1.165, 1.54) is 18.4 Å². The summed E-state index contributed by atoms with van der Waals surface area (Å²) in [6, 6.07) is 2.02. The van der Waals surface area contributed by atoms with Crippen molar-refractivity contribution in [1.82, 2.24) is 19.8 Å². The maximum absolute atomic E-state index is 11.9. The maximum Gasteiger partial charge on any atom is 0.490 e. The Morgan fingerprint density at radius 2 is 2.00 bits per heavy atom. The van der Waals surface area contributed by atoms with Gasteiger partial charge in [0.05, 0.1) is 31.0 Å². The third kappa shape index (κ3) is 7.12. The number of imidazole rings is 1. The van der Waals surface area contributed by atoms with Crippen LogP contribution in [0.15, 0.2) is 29.2 Å². The number of halogens is 3. The molecule has 8 nitrogen and oxygen atoms in total. The summed E-state index contributed by atoms with van der Waals surface area (Å²) in [5.74, 6) is -0.837. The smallest absolute Gasteiger partial charge is 0.475 e. The lowest BCUT2D eigenvalue weighted by molar-refractivity contribution is -0.192. The third-order valence-corrected chi connectivity index (χ3v) is 5.18. The van der Waals surface area contributed by atoms with Crippen LogP contribution in [0.25, 0.3) is 0 Å². The number of fused-ring (bicyclic) bond motifs is 1. The van der Waals surface area contributed by atoms with Gasteiger partial charge in [-0.3, -0.25) is 9.69 Å². The molecule has 1 saturated carbocycles. The van der Waals surface area contributed by atoms with E-state index in [-0.39, 0.29) is 5.91 Å². The Hall–Kier alpha value is -2.82. The van der Waals surface area contributed by atoms with Crippen molar-refractivity contribution in [2.75, 3.05) is 13.1 Å². The summed E-state index contributed by atoms with van der Waals surface area (Å²) in [6.07, 6.45) is 4.40. The Balaban J connectivity index is 0.000000339. The first-order valence-electron chi connectivity index (χ1n) is 10.1. The highest BCUT2D eigenvalue weighted by atomic mass is 19.4. The molecule has 0 atom stereocenters. The third-order valence-electron chi connectivity index (χ3n) is 5.18. The standard InChI is InChI=1S/C18H24N4O2.C2HF3O2/c23-18(9-14-1-2-14)20-11-16-10-19-17-3-5-21(6-7-22(16)17)12-15-4-8-24-13-15;3-2(4,5)1(6)7/h4,8,10,13-14H,1-3,5-7,9,11-12H2,(H,20,23);(H,6,7). The normalized spacial score (nSPS) is 16.6. The molecule has 0 aromatic carbocycles. The first kappa shape index (κ1) is 22.9. The van der Waals surface area contributed by atoms with E-state index < -0.39 is 12.1 Å². The van der Waals surface area contributed by atoms with Gasteiger partial charge in [0.15, 0.2) is 0 Å².